The average Bonchev–Trinajstić information content (AvgIpc) is 2.80. The fourth-order valence-corrected chi connectivity index (χ4v) is 5.22. The lowest BCUT2D eigenvalue weighted by molar-refractivity contribution is 0.118. The molecule has 4 nitrogen and oxygen atoms in total. The molecule has 0 aliphatic carbocycles. The molecule has 0 aromatic heterocycles. The highest BCUT2D eigenvalue weighted by Crippen LogP contribution is 2.43. The van der Waals surface area contributed by atoms with Gasteiger partial charge in [0.15, 0.2) is 0 Å². The molecule has 0 saturated carbocycles. The number of hydrogen-bond donors (Lipinski definition) is 2. The molecule has 4 heteroatoms. The number of hydrogen-bond acceptors (Lipinski definition) is 4. The summed E-state index contributed by atoms with van der Waals surface area (Å²) in [5.74, 6) is 2.49. The maximum absolute atomic E-state index is 11.1. The molecule has 212 valence electrons. The van der Waals surface area contributed by atoms with E-state index in [0.29, 0.717) is 23.2 Å². The van der Waals surface area contributed by atoms with E-state index in [1.807, 2.05) is 37.3 Å². The Hall–Kier alpha value is -3.14. The minimum absolute atomic E-state index is 0.0211. The first-order valence-corrected chi connectivity index (χ1v) is 14.0. The highest BCUT2D eigenvalue weighted by Gasteiger charge is 2.28. The van der Waals surface area contributed by atoms with Crippen molar-refractivity contribution in [3.63, 3.8) is 0 Å². The van der Waals surface area contributed by atoms with E-state index in [9.17, 15) is 10.2 Å². The number of benzene rings is 3. The Morgan fingerprint density at radius 3 is 1.79 bits per heavy atom. The lowest BCUT2D eigenvalue weighted by Crippen LogP contribution is -2.18. The van der Waals surface area contributed by atoms with Crippen molar-refractivity contribution < 1.29 is 19.7 Å². The lowest BCUT2D eigenvalue weighted by Gasteiger charge is -2.28. The van der Waals surface area contributed by atoms with Crippen molar-refractivity contribution in [1.29, 1.82) is 0 Å². The van der Waals surface area contributed by atoms with E-state index in [1.165, 1.54) is 0 Å². The van der Waals surface area contributed by atoms with E-state index in [2.05, 4.69) is 81.4 Å². The van der Waals surface area contributed by atoms with Crippen LogP contribution in [0.2, 0.25) is 0 Å². The summed E-state index contributed by atoms with van der Waals surface area (Å²) in [6.07, 6.45) is 0.874. The van der Waals surface area contributed by atoms with E-state index in [4.69, 9.17) is 9.47 Å². The van der Waals surface area contributed by atoms with E-state index in [0.717, 1.165) is 51.1 Å². The van der Waals surface area contributed by atoms with Crippen LogP contribution in [0.3, 0.4) is 0 Å². The molecule has 0 heterocycles. The number of aromatic hydroxyl groups is 2. The number of phenols is 2. The third kappa shape index (κ3) is 7.29. The Balaban J connectivity index is 1.98. The fraction of sp³-hybridized carbons (Fsp3) is 0.486. The second-order valence-electron chi connectivity index (χ2n) is 13.5. The van der Waals surface area contributed by atoms with E-state index in [-0.39, 0.29) is 23.5 Å². The van der Waals surface area contributed by atoms with Gasteiger partial charge in [0.05, 0.1) is 0 Å². The zero-order valence-electron chi connectivity index (χ0n) is 25.8. The Bertz CT molecular complexity index is 1270. The summed E-state index contributed by atoms with van der Waals surface area (Å²) in [4.78, 5) is 0. The number of phenolic OH excluding ortho intramolecular Hbond substituents is 2. The van der Waals surface area contributed by atoms with Gasteiger partial charge >= 0.3 is 0 Å². The number of rotatable bonds is 8. The SMILES string of the molecule is Cc1ccc(OCOc2cc(C(C)(C)C)c(O)c(C(C)(C)C)c2)c(C(CC(C)C)c2cc(C)cc(C)c2O)c1. The van der Waals surface area contributed by atoms with Crippen LogP contribution in [0.15, 0.2) is 42.5 Å². The van der Waals surface area contributed by atoms with Crippen molar-refractivity contribution in [3.8, 4) is 23.0 Å². The molecule has 2 N–H and O–H groups in total. The largest absolute Gasteiger partial charge is 0.507 e. The van der Waals surface area contributed by atoms with Gasteiger partial charge in [-0.25, -0.2) is 0 Å². The first kappa shape index (κ1) is 30.4. The highest BCUT2D eigenvalue weighted by atomic mass is 16.7. The second kappa shape index (κ2) is 11.5. The van der Waals surface area contributed by atoms with Gasteiger partial charge in [0.2, 0.25) is 6.79 Å². The fourth-order valence-electron chi connectivity index (χ4n) is 5.22. The molecule has 0 spiro atoms. The molecule has 0 radical (unpaired) electrons. The maximum atomic E-state index is 11.1. The Labute approximate surface area is 236 Å². The van der Waals surface area contributed by atoms with E-state index < -0.39 is 0 Å². The standard InChI is InChI=1S/C35H48O4/c1-21(2)14-26(28-17-23(4)15-24(5)32(28)36)27-16-22(3)12-13-31(27)39-20-38-25-18-29(34(6,7)8)33(37)30(19-25)35(9,10)11/h12-13,15-19,21,26,36-37H,14,20H2,1-11H3. The summed E-state index contributed by atoms with van der Waals surface area (Å²) in [5.41, 5.74) is 6.34. The van der Waals surface area contributed by atoms with Crippen LogP contribution < -0.4 is 9.47 Å². The van der Waals surface area contributed by atoms with Crippen LogP contribution in [0.5, 0.6) is 23.0 Å². The molecule has 0 amide bonds. The zero-order chi connectivity index (χ0) is 29.3. The Morgan fingerprint density at radius 1 is 0.692 bits per heavy atom. The molecular weight excluding hydrogens is 484 g/mol. The third-order valence-electron chi connectivity index (χ3n) is 7.24. The lowest BCUT2D eigenvalue weighted by atomic mass is 9.79. The van der Waals surface area contributed by atoms with E-state index >= 15 is 0 Å². The summed E-state index contributed by atoms with van der Waals surface area (Å²) >= 11 is 0. The molecule has 3 aromatic carbocycles. The molecule has 3 rings (SSSR count). The van der Waals surface area contributed by atoms with Gasteiger partial charge in [0.1, 0.15) is 23.0 Å². The highest BCUT2D eigenvalue weighted by molar-refractivity contribution is 5.53. The molecule has 0 aliphatic heterocycles. The van der Waals surface area contributed by atoms with Crippen LogP contribution in [0, 0.1) is 26.7 Å². The predicted octanol–water partition coefficient (Wildman–Crippen LogP) is 9.21. The summed E-state index contributed by atoms with van der Waals surface area (Å²) in [7, 11) is 0. The van der Waals surface area contributed by atoms with Gasteiger partial charge in [-0.2, -0.15) is 0 Å². The van der Waals surface area contributed by atoms with Crippen LogP contribution in [0.25, 0.3) is 0 Å². The summed E-state index contributed by atoms with van der Waals surface area (Å²) in [6, 6.07) is 14.1. The number of aryl methyl sites for hydroxylation is 3. The van der Waals surface area contributed by atoms with Gasteiger partial charge in [-0.3, -0.25) is 0 Å². The Morgan fingerprint density at radius 2 is 1.26 bits per heavy atom. The molecule has 0 aliphatic rings. The minimum atomic E-state index is -0.244. The van der Waals surface area contributed by atoms with Gasteiger partial charge in [0.25, 0.3) is 0 Å². The summed E-state index contributed by atoms with van der Waals surface area (Å²) < 4.78 is 12.5. The maximum Gasteiger partial charge on any atom is 0.230 e. The minimum Gasteiger partial charge on any atom is -0.507 e. The third-order valence-corrected chi connectivity index (χ3v) is 7.24. The van der Waals surface area contributed by atoms with E-state index in [1.54, 1.807) is 0 Å². The van der Waals surface area contributed by atoms with Gasteiger partial charge in [-0.1, -0.05) is 90.8 Å². The van der Waals surface area contributed by atoms with Gasteiger partial charge in [-0.05, 0) is 67.7 Å². The van der Waals surface area contributed by atoms with Crippen LogP contribution in [-0.2, 0) is 10.8 Å². The quantitative estimate of drug-likeness (QED) is 0.284. The molecule has 39 heavy (non-hydrogen) atoms. The normalized spacial score (nSPS) is 13.0. The topological polar surface area (TPSA) is 58.9 Å². The van der Waals surface area contributed by atoms with Gasteiger partial charge in [-0.15, -0.1) is 0 Å². The van der Waals surface area contributed by atoms with Crippen LogP contribution in [0.4, 0.5) is 0 Å². The van der Waals surface area contributed by atoms with Crippen molar-refractivity contribution in [2.24, 2.45) is 5.92 Å². The predicted molar refractivity (Wildman–Crippen MR) is 162 cm³/mol. The molecule has 1 unspecified atom stereocenters. The van der Waals surface area contributed by atoms with Crippen molar-refractivity contribution in [1.82, 2.24) is 0 Å². The molecule has 0 saturated heterocycles. The molecule has 0 fully saturated rings. The molecule has 1 atom stereocenters. The Kier molecular flexibility index (Phi) is 8.99. The van der Waals surface area contributed by atoms with Gasteiger partial charge < -0.3 is 19.7 Å². The van der Waals surface area contributed by atoms with Crippen LogP contribution in [0.1, 0.15) is 107 Å². The van der Waals surface area contributed by atoms with Crippen molar-refractivity contribution in [3.05, 3.63) is 81.4 Å². The molecule has 0 bridgehead atoms. The van der Waals surface area contributed by atoms with Gasteiger partial charge in [0, 0.05) is 28.2 Å². The first-order chi connectivity index (χ1) is 18.0. The smallest absolute Gasteiger partial charge is 0.230 e. The van der Waals surface area contributed by atoms with Crippen molar-refractivity contribution in [2.75, 3.05) is 6.79 Å². The van der Waals surface area contributed by atoms with Crippen LogP contribution in [-0.4, -0.2) is 17.0 Å². The number of ether oxygens (including phenoxy) is 2. The van der Waals surface area contributed by atoms with Crippen LogP contribution >= 0.6 is 0 Å². The average molecular weight is 533 g/mol. The molecule has 3 aromatic rings. The zero-order valence-corrected chi connectivity index (χ0v) is 25.8. The van der Waals surface area contributed by atoms with Crippen molar-refractivity contribution >= 4 is 0 Å². The summed E-state index contributed by atoms with van der Waals surface area (Å²) in [5, 5.41) is 22.1. The second-order valence-corrected chi connectivity index (χ2v) is 13.5. The van der Waals surface area contributed by atoms with Crippen molar-refractivity contribution in [2.45, 2.75) is 99.3 Å². The summed E-state index contributed by atoms with van der Waals surface area (Å²) in [6.45, 7) is 23.1. The molecular formula is C35H48O4. The first-order valence-electron chi connectivity index (χ1n) is 14.0. The monoisotopic (exact) mass is 532 g/mol.